The number of nitrogens with one attached hydrogen (secondary N) is 1. The van der Waals surface area contributed by atoms with Crippen molar-refractivity contribution in [1.82, 2.24) is 14.5 Å². The number of morpholine rings is 1. The van der Waals surface area contributed by atoms with Crippen LogP contribution in [0.5, 0.6) is 0 Å². The standard InChI is InChI=1S/C17H25N3O4S2/c21-16(19-6-3-17(4-7-19)2-5-18-13-17)15-14(1-12-25-15)26(22,23)20-8-10-24-11-9-20/h1,12,18H,2-11,13H2. The van der Waals surface area contributed by atoms with Crippen LogP contribution in [0.15, 0.2) is 16.3 Å². The van der Waals surface area contributed by atoms with Crippen LogP contribution in [0.2, 0.25) is 0 Å². The number of ether oxygens (including phenoxy) is 1. The lowest BCUT2D eigenvalue weighted by atomic mass is 9.78. The molecule has 9 heteroatoms. The summed E-state index contributed by atoms with van der Waals surface area (Å²) < 4.78 is 32.6. The van der Waals surface area contributed by atoms with E-state index in [0.717, 1.165) is 25.9 Å². The van der Waals surface area contributed by atoms with E-state index in [9.17, 15) is 13.2 Å². The Balaban J connectivity index is 1.50. The second-order valence-electron chi connectivity index (χ2n) is 7.35. The van der Waals surface area contributed by atoms with Gasteiger partial charge >= 0.3 is 0 Å². The highest BCUT2D eigenvalue weighted by Gasteiger charge is 2.39. The van der Waals surface area contributed by atoms with E-state index in [2.05, 4.69) is 5.32 Å². The Morgan fingerprint density at radius 2 is 1.88 bits per heavy atom. The van der Waals surface area contributed by atoms with E-state index in [4.69, 9.17) is 4.74 Å². The molecule has 4 rings (SSSR count). The highest BCUT2D eigenvalue weighted by Crippen LogP contribution is 2.38. The monoisotopic (exact) mass is 399 g/mol. The lowest BCUT2D eigenvalue weighted by Gasteiger charge is -2.38. The van der Waals surface area contributed by atoms with E-state index in [1.807, 2.05) is 4.90 Å². The van der Waals surface area contributed by atoms with Gasteiger partial charge < -0.3 is 15.0 Å². The van der Waals surface area contributed by atoms with Crippen LogP contribution >= 0.6 is 11.3 Å². The molecule has 1 aromatic heterocycles. The number of hydrogen-bond acceptors (Lipinski definition) is 6. The number of carbonyl (C=O) groups is 1. The first-order valence-corrected chi connectivity index (χ1v) is 11.5. The van der Waals surface area contributed by atoms with Gasteiger partial charge in [-0.3, -0.25) is 4.79 Å². The molecule has 0 atom stereocenters. The molecule has 3 aliphatic rings. The molecule has 3 fully saturated rings. The molecular formula is C17H25N3O4S2. The first-order valence-electron chi connectivity index (χ1n) is 9.17. The molecule has 1 aromatic rings. The minimum absolute atomic E-state index is 0.146. The molecule has 7 nitrogen and oxygen atoms in total. The molecule has 1 amide bonds. The van der Waals surface area contributed by atoms with Crippen molar-refractivity contribution < 1.29 is 17.9 Å². The molecular weight excluding hydrogens is 374 g/mol. The van der Waals surface area contributed by atoms with Crippen LogP contribution in [0.3, 0.4) is 0 Å². The van der Waals surface area contributed by atoms with E-state index in [1.54, 1.807) is 11.4 Å². The number of likely N-dealkylation sites (tertiary alicyclic amines) is 1. The summed E-state index contributed by atoms with van der Waals surface area (Å²) in [6, 6.07) is 1.56. The van der Waals surface area contributed by atoms with Gasteiger partial charge in [-0.1, -0.05) is 0 Å². The second kappa shape index (κ2) is 7.20. The smallest absolute Gasteiger partial charge is 0.265 e. The summed E-state index contributed by atoms with van der Waals surface area (Å²) in [5.41, 5.74) is 0.328. The van der Waals surface area contributed by atoms with Crippen LogP contribution in [0.25, 0.3) is 0 Å². The van der Waals surface area contributed by atoms with Crippen LogP contribution < -0.4 is 5.32 Å². The van der Waals surface area contributed by atoms with Crippen molar-refractivity contribution in [3.05, 3.63) is 16.3 Å². The highest BCUT2D eigenvalue weighted by molar-refractivity contribution is 7.89. The maximum atomic E-state index is 13.0. The Labute approximate surface area is 158 Å². The number of hydrogen-bond donors (Lipinski definition) is 1. The summed E-state index contributed by atoms with van der Waals surface area (Å²) in [7, 11) is -3.65. The lowest BCUT2D eigenvalue weighted by Crippen LogP contribution is -2.44. The fraction of sp³-hybridized carbons (Fsp3) is 0.706. The molecule has 0 saturated carbocycles. The maximum absolute atomic E-state index is 13.0. The fourth-order valence-corrected chi connectivity index (χ4v) is 6.90. The van der Waals surface area contributed by atoms with E-state index in [1.165, 1.54) is 22.1 Å². The predicted octanol–water partition coefficient (Wildman–Crippen LogP) is 0.985. The van der Waals surface area contributed by atoms with Gasteiger partial charge in [0.25, 0.3) is 5.91 Å². The molecule has 1 spiro atoms. The first-order chi connectivity index (χ1) is 12.5. The van der Waals surface area contributed by atoms with Crippen LogP contribution in [0.4, 0.5) is 0 Å². The first kappa shape index (κ1) is 18.4. The van der Waals surface area contributed by atoms with E-state index >= 15 is 0 Å². The molecule has 0 aliphatic carbocycles. The third-order valence-electron chi connectivity index (χ3n) is 5.85. The van der Waals surface area contributed by atoms with Crippen molar-refractivity contribution in [2.24, 2.45) is 5.41 Å². The van der Waals surface area contributed by atoms with E-state index in [0.29, 0.717) is 49.7 Å². The van der Waals surface area contributed by atoms with Gasteiger partial charge in [-0.15, -0.1) is 11.3 Å². The average molecular weight is 400 g/mol. The number of piperidine rings is 1. The van der Waals surface area contributed by atoms with Gasteiger partial charge in [0.15, 0.2) is 0 Å². The fourth-order valence-electron chi connectivity index (χ4n) is 4.13. The van der Waals surface area contributed by atoms with Crippen molar-refractivity contribution in [3.8, 4) is 0 Å². The topological polar surface area (TPSA) is 79.0 Å². The summed E-state index contributed by atoms with van der Waals surface area (Å²) in [4.78, 5) is 15.3. The largest absolute Gasteiger partial charge is 0.379 e. The minimum Gasteiger partial charge on any atom is -0.379 e. The molecule has 0 aromatic carbocycles. The van der Waals surface area contributed by atoms with Crippen LogP contribution in [-0.2, 0) is 14.8 Å². The predicted molar refractivity (Wildman–Crippen MR) is 99.0 cm³/mol. The SMILES string of the molecule is O=C(c1sccc1S(=O)(=O)N1CCOCC1)N1CCC2(CCNC2)CC1. The lowest BCUT2D eigenvalue weighted by molar-refractivity contribution is 0.0608. The van der Waals surface area contributed by atoms with Crippen LogP contribution in [-0.4, -0.2) is 76.0 Å². The second-order valence-corrected chi connectivity index (χ2v) is 10.2. The molecule has 0 unspecified atom stereocenters. The zero-order valence-electron chi connectivity index (χ0n) is 14.8. The highest BCUT2D eigenvalue weighted by atomic mass is 32.2. The number of rotatable bonds is 3. The van der Waals surface area contributed by atoms with Gasteiger partial charge in [-0.2, -0.15) is 4.31 Å². The van der Waals surface area contributed by atoms with Crippen molar-refractivity contribution >= 4 is 27.3 Å². The van der Waals surface area contributed by atoms with Gasteiger partial charge in [0.2, 0.25) is 10.0 Å². The van der Waals surface area contributed by atoms with Crippen molar-refractivity contribution in [2.75, 3.05) is 52.5 Å². The van der Waals surface area contributed by atoms with Crippen LogP contribution in [0.1, 0.15) is 28.9 Å². The quantitative estimate of drug-likeness (QED) is 0.820. The minimum atomic E-state index is -3.65. The van der Waals surface area contributed by atoms with Crippen LogP contribution in [0, 0.1) is 5.41 Å². The van der Waals surface area contributed by atoms with Crippen molar-refractivity contribution in [1.29, 1.82) is 0 Å². The molecule has 0 bridgehead atoms. The third kappa shape index (κ3) is 3.31. The van der Waals surface area contributed by atoms with Gasteiger partial charge in [-0.25, -0.2) is 8.42 Å². The van der Waals surface area contributed by atoms with Crippen molar-refractivity contribution in [3.63, 3.8) is 0 Å². The maximum Gasteiger partial charge on any atom is 0.265 e. The summed E-state index contributed by atoms with van der Waals surface area (Å²) in [6.45, 7) is 4.97. The summed E-state index contributed by atoms with van der Waals surface area (Å²) >= 11 is 1.23. The molecule has 0 radical (unpaired) electrons. The van der Waals surface area contributed by atoms with E-state index in [-0.39, 0.29) is 10.8 Å². The number of carbonyl (C=O) groups excluding carboxylic acids is 1. The number of thiophene rings is 1. The number of sulfonamides is 1. The van der Waals surface area contributed by atoms with Gasteiger partial charge in [0.1, 0.15) is 9.77 Å². The molecule has 4 heterocycles. The van der Waals surface area contributed by atoms with Gasteiger partial charge in [0, 0.05) is 32.7 Å². The molecule has 26 heavy (non-hydrogen) atoms. The number of amides is 1. The zero-order chi connectivity index (χ0) is 18.2. The van der Waals surface area contributed by atoms with E-state index < -0.39 is 10.0 Å². The molecule has 1 N–H and O–H groups in total. The Morgan fingerprint density at radius 1 is 1.15 bits per heavy atom. The Morgan fingerprint density at radius 3 is 2.54 bits per heavy atom. The van der Waals surface area contributed by atoms with Gasteiger partial charge in [0.05, 0.1) is 13.2 Å². The Bertz CT molecular complexity index is 755. The zero-order valence-corrected chi connectivity index (χ0v) is 16.4. The third-order valence-corrected chi connectivity index (χ3v) is 8.83. The van der Waals surface area contributed by atoms with Gasteiger partial charge in [-0.05, 0) is 42.7 Å². The molecule has 3 aliphatic heterocycles. The Hall–Kier alpha value is -1.00. The molecule has 3 saturated heterocycles. The summed E-state index contributed by atoms with van der Waals surface area (Å²) in [5, 5.41) is 5.12. The molecule has 144 valence electrons. The number of nitrogens with zero attached hydrogens (tertiary/aromatic N) is 2. The Kier molecular flexibility index (Phi) is 5.08. The summed E-state index contributed by atoms with van der Waals surface area (Å²) in [6.07, 6.45) is 3.15. The summed E-state index contributed by atoms with van der Waals surface area (Å²) in [5.74, 6) is -0.146. The average Bonchev–Trinajstić information content (AvgIpc) is 3.33. The van der Waals surface area contributed by atoms with Crippen molar-refractivity contribution in [2.45, 2.75) is 24.2 Å². The normalized spacial score (nSPS) is 24.2.